The molecule has 0 bridgehead atoms. The molecule has 23 heavy (non-hydrogen) atoms. The molecule has 114 valence electrons. The number of amides is 1. The summed E-state index contributed by atoms with van der Waals surface area (Å²) >= 11 is 1.36. The fourth-order valence-electron chi connectivity index (χ4n) is 2.16. The lowest BCUT2D eigenvalue weighted by molar-refractivity contribution is -0.115. The second kappa shape index (κ2) is 7.11. The first kappa shape index (κ1) is 15.3. The highest BCUT2D eigenvalue weighted by Crippen LogP contribution is 2.27. The minimum absolute atomic E-state index is 0.106. The summed E-state index contributed by atoms with van der Waals surface area (Å²) in [6.45, 7) is 1.99. The van der Waals surface area contributed by atoms with Gasteiger partial charge in [-0.2, -0.15) is 0 Å². The maximum atomic E-state index is 12.1. The predicted octanol–water partition coefficient (Wildman–Crippen LogP) is 4.52. The van der Waals surface area contributed by atoms with Crippen molar-refractivity contribution < 1.29 is 4.79 Å². The number of thioether (sulfide) groups is 1. The van der Waals surface area contributed by atoms with E-state index in [0.717, 1.165) is 16.8 Å². The number of amidine groups is 1. The zero-order valence-electron chi connectivity index (χ0n) is 12.7. The highest BCUT2D eigenvalue weighted by molar-refractivity contribution is 8.18. The molecule has 1 amide bonds. The Morgan fingerprint density at radius 2 is 1.70 bits per heavy atom. The number of aliphatic imine (C=N–C) groups is 1. The van der Waals surface area contributed by atoms with E-state index in [1.807, 2.05) is 79.7 Å². The van der Waals surface area contributed by atoms with Crippen LogP contribution in [0.5, 0.6) is 0 Å². The van der Waals surface area contributed by atoms with E-state index in [9.17, 15) is 4.79 Å². The number of benzene rings is 2. The van der Waals surface area contributed by atoms with E-state index in [1.165, 1.54) is 11.8 Å². The van der Waals surface area contributed by atoms with Crippen molar-refractivity contribution in [3.05, 3.63) is 82.8 Å². The van der Waals surface area contributed by atoms with Crippen molar-refractivity contribution in [3.63, 3.8) is 0 Å². The van der Waals surface area contributed by atoms with Crippen LogP contribution in [0.2, 0.25) is 0 Å². The second-order valence-electron chi connectivity index (χ2n) is 5.12. The summed E-state index contributed by atoms with van der Waals surface area (Å²) in [4.78, 5) is 17.1. The molecule has 3 nitrogen and oxygen atoms in total. The molecule has 2 aromatic rings. The first-order valence-electron chi connectivity index (χ1n) is 7.29. The second-order valence-corrected chi connectivity index (χ2v) is 6.15. The summed E-state index contributed by atoms with van der Waals surface area (Å²) in [7, 11) is 0. The van der Waals surface area contributed by atoms with E-state index in [-0.39, 0.29) is 5.91 Å². The molecule has 1 fully saturated rings. The maximum absolute atomic E-state index is 12.1. The highest BCUT2D eigenvalue weighted by atomic mass is 32.2. The van der Waals surface area contributed by atoms with Crippen molar-refractivity contribution in [2.45, 2.75) is 6.92 Å². The molecule has 0 saturated carbocycles. The molecule has 0 aromatic heterocycles. The van der Waals surface area contributed by atoms with Crippen LogP contribution in [0.15, 0.2) is 82.2 Å². The van der Waals surface area contributed by atoms with Gasteiger partial charge in [-0.1, -0.05) is 54.6 Å². The molecule has 0 radical (unpaired) electrons. The van der Waals surface area contributed by atoms with Crippen LogP contribution in [-0.4, -0.2) is 11.1 Å². The van der Waals surface area contributed by atoms with E-state index in [4.69, 9.17) is 0 Å². The fourth-order valence-corrected chi connectivity index (χ4v) is 3.05. The summed E-state index contributed by atoms with van der Waals surface area (Å²) < 4.78 is 0. The van der Waals surface area contributed by atoms with Gasteiger partial charge < -0.3 is 5.32 Å². The van der Waals surface area contributed by atoms with Crippen molar-refractivity contribution in [2.75, 3.05) is 0 Å². The number of allylic oxidation sites excluding steroid dienone is 2. The Morgan fingerprint density at radius 1 is 1.04 bits per heavy atom. The molecule has 0 aliphatic carbocycles. The zero-order chi connectivity index (χ0) is 16.1. The van der Waals surface area contributed by atoms with Crippen molar-refractivity contribution in [3.8, 4) is 0 Å². The van der Waals surface area contributed by atoms with Crippen LogP contribution < -0.4 is 5.32 Å². The number of nitrogens with zero attached hydrogens (tertiary/aromatic N) is 1. The van der Waals surface area contributed by atoms with Gasteiger partial charge in [0.25, 0.3) is 5.91 Å². The lowest BCUT2D eigenvalue weighted by Crippen LogP contribution is -2.19. The zero-order valence-corrected chi connectivity index (χ0v) is 13.5. The third kappa shape index (κ3) is 4.20. The number of hydrogen-bond donors (Lipinski definition) is 1. The molecular weight excluding hydrogens is 304 g/mol. The van der Waals surface area contributed by atoms with Gasteiger partial charge in [0.2, 0.25) is 0 Å². The Kier molecular flexibility index (Phi) is 4.74. The van der Waals surface area contributed by atoms with Crippen molar-refractivity contribution in [1.82, 2.24) is 5.32 Å². The van der Waals surface area contributed by atoms with Gasteiger partial charge >= 0.3 is 0 Å². The van der Waals surface area contributed by atoms with Crippen LogP contribution in [0.25, 0.3) is 6.08 Å². The monoisotopic (exact) mass is 320 g/mol. The molecule has 4 heteroatoms. The topological polar surface area (TPSA) is 41.5 Å². The lowest BCUT2D eigenvalue weighted by Gasteiger charge is -1.96. The molecule has 1 N–H and O–H groups in total. The number of nitrogens with one attached hydrogen (secondary N) is 1. The highest BCUT2D eigenvalue weighted by Gasteiger charge is 2.23. The van der Waals surface area contributed by atoms with Gasteiger partial charge in [0.1, 0.15) is 0 Å². The molecular formula is C19H16N2OS. The van der Waals surface area contributed by atoms with E-state index < -0.39 is 0 Å². The van der Waals surface area contributed by atoms with Crippen LogP contribution in [-0.2, 0) is 4.79 Å². The summed E-state index contributed by atoms with van der Waals surface area (Å²) in [5.74, 6) is -0.106. The third-order valence-electron chi connectivity index (χ3n) is 3.19. The average molecular weight is 320 g/mol. The largest absolute Gasteiger partial charge is 0.300 e. The number of carbonyl (C=O) groups is 1. The molecule has 1 saturated heterocycles. The average Bonchev–Trinajstić information content (AvgIpc) is 2.88. The van der Waals surface area contributed by atoms with E-state index in [0.29, 0.717) is 10.1 Å². The number of rotatable bonds is 3. The standard InChI is InChI=1S/C19H16N2OS/c1-14(12-15-8-4-2-5-9-15)13-17-18(22)21-19(23-17)20-16-10-6-3-7-11-16/h2-13H,1H3,(H,20,21,22)/b14-12-,17-13+. The lowest BCUT2D eigenvalue weighted by atomic mass is 10.1. The molecule has 1 heterocycles. The minimum Gasteiger partial charge on any atom is -0.300 e. The van der Waals surface area contributed by atoms with Crippen LogP contribution in [0.4, 0.5) is 5.69 Å². The molecule has 0 spiro atoms. The van der Waals surface area contributed by atoms with Crippen LogP contribution >= 0.6 is 11.8 Å². The molecule has 2 aromatic carbocycles. The van der Waals surface area contributed by atoms with Crippen molar-refractivity contribution in [2.24, 2.45) is 4.99 Å². The molecule has 0 atom stereocenters. The van der Waals surface area contributed by atoms with Gasteiger partial charge in [-0.3, -0.25) is 4.79 Å². The first-order chi connectivity index (χ1) is 11.2. The van der Waals surface area contributed by atoms with Gasteiger partial charge in [-0.25, -0.2) is 4.99 Å². The fraction of sp³-hybridized carbons (Fsp3) is 0.0526. The van der Waals surface area contributed by atoms with Crippen LogP contribution in [0.3, 0.4) is 0 Å². The van der Waals surface area contributed by atoms with Crippen LogP contribution in [0.1, 0.15) is 12.5 Å². The Labute approximate surface area is 139 Å². The number of para-hydroxylation sites is 1. The Balaban J connectivity index is 1.77. The molecule has 1 aliphatic rings. The molecule has 3 rings (SSSR count). The minimum atomic E-state index is -0.106. The van der Waals surface area contributed by atoms with Crippen molar-refractivity contribution in [1.29, 1.82) is 0 Å². The van der Waals surface area contributed by atoms with Crippen molar-refractivity contribution >= 4 is 34.6 Å². The summed E-state index contributed by atoms with van der Waals surface area (Å²) in [5.41, 5.74) is 2.96. The van der Waals surface area contributed by atoms with Gasteiger partial charge in [0.15, 0.2) is 5.17 Å². The van der Waals surface area contributed by atoms with Gasteiger partial charge in [0.05, 0.1) is 10.6 Å². The Morgan fingerprint density at radius 3 is 2.39 bits per heavy atom. The normalized spacial score (nSPS) is 18.5. The Hall–Kier alpha value is -2.59. The number of hydrogen-bond acceptors (Lipinski definition) is 3. The summed E-state index contributed by atoms with van der Waals surface area (Å²) in [6.07, 6.45) is 3.94. The van der Waals surface area contributed by atoms with E-state index in [2.05, 4.69) is 10.3 Å². The first-order valence-corrected chi connectivity index (χ1v) is 8.10. The summed E-state index contributed by atoms with van der Waals surface area (Å²) in [5, 5.41) is 3.41. The van der Waals surface area contributed by atoms with Gasteiger partial charge in [-0.15, -0.1) is 0 Å². The third-order valence-corrected chi connectivity index (χ3v) is 4.10. The van der Waals surface area contributed by atoms with Gasteiger partial charge in [0, 0.05) is 0 Å². The molecule has 1 aliphatic heterocycles. The SMILES string of the molecule is CC(=C/c1ccccc1)/C=C1/SC(=Nc2ccccc2)NC1=O. The van der Waals surface area contributed by atoms with Crippen LogP contribution in [0, 0.1) is 0 Å². The van der Waals surface area contributed by atoms with E-state index >= 15 is 0 Å². The van der Waals surface area contributed by atoms with E-state index in [1.54, 1.807) is 0 Å². The molecule has 0 unspecified atom stereocenters. The summed E-state index contributed by atoms with van der Waals surface area (Å²) in [6, 6.07) is 19.6. The number of carbonyl (C=O) groups excluding carboxylic acids is 1. The maximum Gasteiger partial charge on any atom is 0.264 e. The predicted molar refractivity (Wildman–Crippen MR) is 97.4 cm³/mol. The Bertz CT molecular complexity index is 793. The quantitative estimate of drug-likeness (QED) is 0.845. The smallest absolute Gasteiger partial charge is 0.264 e. The van der Waals surface area contributed by atoms with Gasteiger partial charge in [-0.05, 0) is 48.0 Å².